The Hall–Kier alpha value is -2.65. The van der Waals surface area contributed by atoms with Gasteiger partial charge in [-0.05, 0) is 72.5 Å². The summed E-state index contributed by atoms with van der Waals surface area (Å²) in [5, 5.41) is 8.99. The van der Waals surface area contributed by atoms with Gasteiger partial charge in [-0.3, -0.25) is 19.2 Å². The summed E-state index contributed by atoms with van der Waals surface area (Å²) in [5.74, 6) is -1.98. The highest BCUT2D eigenvalue weighted by atomic mass is 16.2. The summed E-state index contributed by atoms with van der Waals surface area (Å²) in [7, 11) is 0. The molecule has 6 atom stereocenters. The van der Waals surface area contributed by atoms with Crippen molar-refractivity contribution in [3.63, 3.8) is 0 Å². The van der Waals surface area contributed by atoms with Crippen LogP contribution in [0.3, 0.4) is 0 Å². The number of Topliss-reactive ketones (excluding diaryl/α,β-unsaturated/α-hetero) is 1. The van der Waals surface area contributed by atoms with Crippen molar-refractivity contribution < 1.29 is 24.0 Å². The number of piperidine rings is 1. The molecule has 10 nitrogen and oxygen atoms in total. The standard InChI is InChI=1S/C34H59N5O5/c1-19(2)17-34(11,15-14-31(3,4)5)38-30(44)37-26(32(6,7)8)29(43)39-18-21-23(33(21,9)10)24(39)28(42)36-22(16-20-12-13-20)25(40)27(35)41/h19-24,26H,12-18H2,1-11H3,(H2,35,41)(H,36,42)(H2,37,38,44)/t21?,22?,23-,24-,26+,34?/m0/s1. The third-order valence-electron chi connectivity index (χ3n) is 9.99. The molecular formula is C34H59N5O5. The van der Waals surface area contributed by atoms with Gasteiger partial charge in [0.1, 0.15) is 12.1 Å². The van der Waals surface area contributed by atoms with Crippen LogP contribution >= 0.6 is 0 Å². The molecule has 2 aliphatic carbocycles. The first-order valence-electron chi connectivity index (χ1n) is 16.5. The quantitative estimate of drug-likeness (QED) is 0.229. The predicted octanol–water partition coefficient (Wildman–Crippen LogP) is 4.15. The molecule has 1 aliphatic heterocycles. The van der Waals surface area contributed by atoms with Crippen LogP contribution in [0.1, 0.15) is 115 Å². The van der Waals surface area contributed by atoms with Gasteiger partial charge in [0.2, 0.25) is 17.6 Å². The Bertz CT molecular complexity index is 1130. The fourth-order valence-corrected chi connectivity index (χ4v) is 7.18. The lowest BCUT2D eigenvalue weighted by atomic mass is 9.80. The van der Waals surface area contributed by atoms with Gasteiger partial charge in [-0.1, -0.05) is 82.1 Å². The highest BCUT2D eigenvalue weighted by Gasteiger charge is 2.70. The first kappa shape index (κ1) is 35.8. The van der Waals surface area contributed by atoms with Crippen LogP contribution in [0.15, 0.2) is 0 Å². The number of urea groups is 1. The van der Waals surface area contributed by atoms with Crippen molar-refractivity contribution in [3.05, 3.63) is 0 Å². The first-order chi connectivity index (χ1) is 20.0. The van der Waals surface area contributed by atoms with E-state index in [0.717, 1.165) is 32.1 Å². The summed E-state index contributed by atoms with van der Waals surface area (Å²) >= 11 is 0. The Kier molecular flexibility index (Phi) is 10.3. The highest BCUT2D eigenvalue weighted by molar-refractivity contribution is 6.37. The third kappa shape index (κ3) is 8.75. The molecule has 1 heterocycles. The number of ketones is 1. The first-order valence-corrected chi connectivity index (χ1v) is 16.5. The van der Waals surface area contributed by atoms with E-state index in [1.807, 2.05) is 20.8 Å². The zero-order valence-electron chi connectivity index (χ0n) is 29.1. The smallest absolute Gasteiger partial charge is 0.315 e. The number of hydrogen-bond acceptors (Lipinski definition) is 5. The average Bonchev–Trinajstić information content (AvgIpc) is 3.70. The van der Waals surface area contributed by atoms with Crippen molar-refractivity contribution in [3.8, 4) is 0 Å². The van der Waals surface area contributed by atoms with Crippen molar-refractivity contribution in [1.29, 1.82) is 0 Å². The molecule has 0 bridgehead atoms. The molecule has 3 fully saturated rings. The van der Waals surface area contributed by atoms with Crippen molar-refractivity contribution in [2.75, 3.05) is 6.54 Å². The molecular weight excluding hydrogens is 558 g/mol. The van der Waals surface area contributed by atoms with Crippen LogP contribution < -0.4 is 21.7 Å². The van der Waals surface area contributed by atoms with E-state index in [2.05, 4.69) is 71.3 Å². The maximum Gasteiger partial charge on any atom is 0.315 e. The Balaban J connectivity index is 1.82. The van der Waals surface area contributed by atoms with E-state index >= 15 is 0 Å². The highest BCUT2D eigenvalue weighted by Crippen LogP contribution is 2.65. The molecule has 0 aromatic heterocycles. The van der Waals surface area contributed by atoms with Crippen molar-refractivity contribution in [1.82, 2.24) is 20.9 Å². The number of nitrogens with two attached hydrogens (primary N) is 1. The second kappa shape index (κ2) is 12.6. The molecule has 3 rings (SSSR count). The maximum atomic E-state index is 14.3. The van der Waals surface area contributed by atoms with Gasteiger partial charge in [-0.15, -0.1) is 0 Å². The van der Waals surface area contributed by atoms with Crippen LogP contribution in [-0.2, 0) is 19.2 Å². The number of primary amides is 1. The summed E-state index contributed by atoms with van der Waals surface area (Å²) in [6.45, 7) is 23.1. The third-order valence-corrected chi connectivity index (χ3v) is 9.99. The molecule has 0 aromatic carbocycles. The van der Waals surface area contributed by atoms with Crippen LogP contribution in [0.4, 0.5) is 4.79 Å². The minimum absolute atomic E-state index is 0.0853. The summed E-state index contributed by atoms with van der Waals surface area (Å²) in [6, 6.07) is -3.10. The Labute approximate surface area is 264 Å². The second-order valence-electron chi connectivity index (χ2n) is 17.5. The lowest BCUT2D eigenvalue weighted by Crippen LogP contribution is -2.62. The number of nitrogens with one attached hydrogen (secondary N) is 3. The van der Waals surface area contributed by atoms with E-state index in [-0.39, 0.29) is 34.5 Å². The van der Waals surface area contributed by atoms with Gasteiger partial charge in [0.15, 0.2) is 0 Å². The topological polar surface area (TPSA) is 151 Å². The minimum atomic E-state index is -1.07. The van der Waals surface area contributed by atoms with E-state index < -0.39 is 52.7 Å². The molecule has 250 valence electrons. The fraction of sp³-hybridized carbons (Fsp3) is 0.853. The van der Waals surface area contributed by atoms with Gasteiger partial charge < -0.3 is 26.6 Å². The number of nitrogens with zero attached hydrogens (tertiary/aromatic N) is 1. The fourth-order valence-electron chi connectivity index (χ4n) is 7.18. The summed E-state index contributed by atoms with van der Waals surface area (Å²) < 4.78 is 0. The zero-order chi connectivity index (χ0) is 33.6. The van der Waals surface area contributed by atoms with E-state index in [0.29, 0.717) is 18.9 Å². The normalized spacial score (nSPS) is 25.4. The summed E-state index contributed by atoms with van der Waals surface area (Å²) in [6.07, 6.45) is 4.78. The molecule has 10 heteroatoms. The molecule has 1 saturated heterocycles. The van der Waals surface area contributed by atoms with Crippen molar-refractivity contribution in [2.45, 2.75) is 138 Å². The van der Waals surface area contributed by atoms with Gasteiger partial charge in [0, 0.05) is 12.1 Å². The number of hydrogen-bond donors (Lipinski definition) is 4. The minimum Gasteiger partial charge on any atom is -0.363 e. The van der Waals surface area contributed by atoms with Crippen LogP contribution in [0.25, 0.3) is 0 Å². The molecule has 5 amide bonds. The van der Waals surface area contributed by atoms with Crippen LogP contribution in [0.2, 0.25) is 0 Å². The Morgan fingerprint density at radius 1 is 0.932 bits per heavy atom. The summed E-state index contributed by atoms with van der Waals surface area (Å²) in [4.78, 5) is 67.7. The second-order valence-corrected chi connectivity index (χ2v) is 17.5. The molecule has 0 radical (unpaired) electrons. The molecule has 3 aliphatic rings. The number of carbonyl (C=O) groups excluding carboxylic acids is 5. The largest absolute Gasteiger partial charge is 0.363 e. The van der Waals surface area contributed by atoms with Crippen molar-refractivity contribution in [2.24, 2.45) is 45.7 Å². The van der Waals surface area contributed by atoms with E-state index in [4.69, 9.17) is 5.73 Å². The van der Waals surface area contributed by atoms with Gasteiger partial charge in [0.25, 0.3) is 5.91 Å². The zero-order valence-corrected chi connectivity index (χ0v) is 29.1. The summed E-state index contributed by atoms with van der Waals surface area (Å²) in [5.41, 5.74) is 4.17. The maximum absolute atomic E-state index is 14.3. The van der Waals surface area contributed by atoms with Crippen LogP contribution in [-0.4, -0.2) is 64.6 Å². The SMILES string of the molecule is CC(C)CC(C)(CCC(C)(C)C)NC(=O)N[C@H](C(=O)N1CC2[C@@H]([C@H]1C(=O)NC(CC1CC1)C(=O)C(N)=O)C2(C)C)C(C)(C)C. The molecule has 0 spiro atoms. The number of likely N-dealkylation sites (tertiary alicyclic amines) is 1. The Morgan fingerprint density at radius 3 is 2.00 bits per heavy atom. The lowest BCUT2D eigenvalue weighted by molar-refractivity contribution is -0.145. The van der Waals surface area contributed by atoms with Gasteiger partial charge in [-0.25, -0.2) is 4.79 Å². The predicted molar refractivity (Wildman–Crippen MR) is 171 cm³/mol. The van der Waals surface area contributed by atoms with Gasteiger partial charge in [-0.2, -0.15) is 0 Å². The van der Waals surface area contributed by atoms with E-state index in [1.165, 1.54) is 0 Å². The van der Waals surface area contributed by atoms with Crippen LogP contribution in [0.5, 0.6) is 0 Å². The van der Waals surface area contributed by atoms with Crippen LogP contribution in [0, 0.1) is 39.9 Å². The van der Waals surface area contributed by atoms with Crippen molar-refractivity contribution >= 4 is 29.5 Å². The van der Waals surface area contributed by atoms with Gasteiger partial charge >= 0.3 is 6.03 Å². The number of fused-ring (bicyclic) bond motifs is 1. The molecule has 0 aromatic rings. The van der Waals surface area contributed by atoms with Gasteiger partial charge in [0.05, 0.1) is 6.04 Å². The molecule has 44 heavy (non-hydrogen) atoms. The number of amides is 5. The number of carbonyl (C=O) groups is 5. The molecule has 2 saturated carbocycles. The van der Waals surface area contributed by atoms with E-state index in [9.17, 15) is 24.0 Å². The lowest BCUT2D eigenvalue weighted by Gasteiger charge is -2.39. The molecule has 3 unspecified atom stereocenters. The monoisotopic (exact) mass is 617 g/mol. The number of rotatable bonds is 13. The Morgan fingerprint density at radius 2 is 1.52 bits per heavy atom. The van der Waals surface area contributed by atoms with E-state index in [1.54, 1.807) is 4.90 Å². The molecule has 5 N–H and O–H groups in total. The average molecular weight is 618 g/mol.